The zero-order valence-corrected chi connectivity index (χ0v) is 24.0. The molecule has 2 heterocycles. The van der Waals surface area contributed by atoms with Gasteiger partial charge in [-0.15, -0.1) is 10.6 Å². The van der Waals surface area contributed by atoms with Gasteiger partial charge in [0.05, 0.1) is 0 Å². The van der Waals surface area contributed by atoms with Crippen molar-refractivity contribution in [2.75, 3.05) is 0 Å². The van der Waals surface area contributed by atoms with Crippen LogP contribution in [0.1, 0.15) is 37.8 Å². The molecule has 2 unspecified atom stereocenters. The molecule has 0 N–H and O–H groups in total. The van der Waals surface area contributed by atoms with E-state index >= 15 is 0 Å². The first kappa shape index (κ1) is 30.5. The first-order valence-corrected chi connectivity index (χ1v) is 12.3. The fraction of sp³-hybridized carbons (Fsp3) is 0.231. The average Bonchev–Trinajstić information content (AvgIpc) is 3.40. The van der Waals surface area contributed by atoms with Crippen LogP contribution >= 0.6 is 16.4 Å². The third kappa shape index (κ3) is 9.08. The second-order valence-corrected chi connectivity index (χ2v) is 8.96. The molecule has 0 aliphatic carbocycles. The van der Waals surface area contributed by atoms with Crippen LogP contribution in [0, 0.1) is 12.1 Å². The van der Waals surface area contributed by atoms with Gasteiger partial charge in [-0.05, 0) is 0 Å². The summed E-state index contributed by atoms with van der Waals surface area (Å²) in [5.74, 6) is 4.35. The van der Waals surface area contributed by atoms with Crippen molar-refractivity contribution >= 4 is 16.4 Å². The first-order chi connectivity index (χ1) is 13.8. The van der Waals surface area contributed by atoms with Crippen LogP contribution in [0.15, 0.2) is 72.3 Å². The Kier molecular flexibility index (Phi) is 16.7. The molecule has 0 radical (unpaired) electrons. The second kappa shape index (κ2) is 17.0. The molecule has 0 saturated heterocycles. The summed E-state index contributed by atoms with van der Waals surface area (Å²) in [4.78, 5) is 0. The summed E-state index contributed by atoms with van der Waals surface area (Å²) in [6.07, 6.45) is 4.73. The van der Waals surface area contributed by atoms with Gasteiger partial charge >= 0.3 is 26.2 Å². The van der Waals surface area contributed by atoms with Crippen LogP contribution in [0.4, 0.5) is 0 Å². The minimum Gasteiger partial charge on any atom is -1.00 e. The van der Waals surface area contributed by atoms with Crippen LogP contribution in [0.5, 0.6) is 0 Å². The fourth-order valence-electron chi connectivity index (χ4n) is 3.33. The summed E-state index contributed by atoms with van der Waals surface area (Å²) >= 11 is 0. The summed E-state index contributed by atoms with van der Waals surface area (Å²) in [7, 11) is 1.62. The molecular formula is C26H28Cl2P2Zr. The summed E-state index contributed by atoms with van der Waals surface area (Å²) in [6.45, 7) is 4.44. The molecule has 160 valence electrons. The van der Waals surface area contributed by atoms with E-state index in [4.69, 9.17) is 0 Å². The largest absolute Gasteiger partial charge is 4.00 e. The van der Waals surface area contributed by atoms with E-state index in [2.05, 4.69) is 98.2 Å². The van der Waals surface area contributed by atoms with Crippen molar-refractivity contribution in [1.29, 1.82) is 0 Å². The minimum absolute atomic E-state index is 0. The Hall–Kier alpha value is -0.537. The van der Waals surface area contributed by atoms with E-state index in [0.717, 1.165) is 29.2 Å². The van der Waals surface area contributed by atoms with Crippen LogP contribution in [-0.4, -0.2) is 0 Å². The quantitative estimate of drug-likeness (QED) is 0.316. The van der Waals surface area contributed by atoms with Crippen molar-refractivity contribution in [1.82, 2.24) is 0 Å². The van der Waals surface area contributed by atoms with Gasteiger partial charge in [-0.2, -0.15) is 11.6 Å². The Balaban J connectivity index is 0.000000529. The minimum atomic E-state index is 0. The molecule has 4 aromatic rings. The van der Waals surface area contributed by atoms with Crippen molar-refractivity contribution in [3.8, 4) is 21.7 Å². The number of aryl methyl sites for hydroxylation is 2. The smallest absolute Gasteiger partial charge is 1.00 e. The van der Waals surface area contributed by atoms with Crippen molar-refractivity contribution in [2.24, 2.45) is 0 Å². The zero-order chi connectivity index (χ0) is 19.6. The second-order valence-electron chi connectivity index (χ2n) is 6.81. The molecule has 0 aliphatic heterocycles. The van der Waals surface area contributed by atoms with Gasteiger partial charge in [-0.1, -0.05) is 111 Å². The molecule has 0 bridgehead atoms. The van der Waals surface area contributed by atoms with E-state index in [1.807, 2.05) is 0 Å². The predicted molar refractivity (Wildman–Crippen MR) is 128 cm³/mol. The van der Waals surface area contributed by atoms with E-state index < -0.39 is 0 Å². The normalized spacial score (nSPS) is 9.87. The number of rotatable bonds is 6. The molecule has 2 aromatic carbocycles. The molecule has 4 rings (SSSR count). The Morgan fingerprint density at radius 3 is 1.29 bits per heavy atom. The summed E-state index contributed by atoms with van der Waals surface area (Å²) < 4.78 is 0. The fourth-order valence-corrected chi connectivity index (χ4v) is 5.52. The Labute approximate surface area is 222 Å². The predicted octanol–water partition coefficient (Wildman–Crippen LogP) is 2.28. The van der Waals surface area contributed by atoms with Gasteiger partial charge < -0.3 is 24.8 Å². The molecule has 5 heteroatoms. The van der Waals surface area contributed by atoms with Gasteiger partial charge in [0.25, 0.3) is 0 Å². The number of hydrogen-bond donors (Lipinski definition) is 0. The van der Waals surface area contributed by atoms with Gasteiger partial charge in [-0.25, -0.2) is 39.6 Å². The molecular weight excluding hydrogens is 536 g/mol. The maximum Gasteiger partial charge on any atom is 4.00 e. The van der Waals surface area contributed by atoms with Crippen LogP contribution < -0.4 is 24.8 Å². The molecule has 0 spiro atoms. The van der Waals surface area contributed by atoms with E-state index in [9.17, 15) is 0 Å². The molecule has 0 amide bonds. The third-order valence-corrected chi connectivity index (χ3v) is 6.99. The van der Waals surface area contributed by atoms with Crippen LogP contribution in [0.3, 0.4) is 0 Å². The summed E-state index contributed by atoms with van der Waals surface area (Å²) in [5.41, 5.74) is 5.57. The maximum atomic E-state index is 3.37. The molecule has 2 atom stereocenters. The summed E-state index contributed by atoms with van der Waals surface area (Å²) in [5, 5.41) is 2.99. The molecule has 0 saturated carbocycles. The van der Waals surface area contributed by atoms with Crippen molar-refractivity contribution in [3.63, 3.8) is 0 Å². The average molecular weight is 565 g/mol. The number of hydrogen-bond acceptors (Lipinski definition) is 0. The maximum absolute atomic E-state index is 3.37. The zero-order valence-electron chi connectivity index (χ0n) is 18.0. The first-order valence-electron chi connectivity index (χ1n) is 10.1. The van der Waals surface area contributed by atoms with Gasteiger partial charge in [0, 0.05) is 0 Å². The number of halogens is 2. The molecule has 31 heavy (non-hydrogen) atoms. The number of benzene rings is 2. The van der Waals surface area contributed by atoms with E-state index in [1.165, 1.54) is 45.7 Å². The van der Waals surface area contributed by atoms with E-state index in [0.29, 0.717) is 0 Å². The van der Waals surface area contributed by atoms with E-state index in [1.54, 1.807) is 0 Å². The van der Waals surface area contributed by atoms with Gasteiger partial charge in [-0.3, -0.25) is 0 Å². The molecule has 2 aromatic heterocycles. The SMILES string of the molecule is CCCc1[c-]c[pH]c1-c1ccccc1.CCCc1[c-]c[pH]c1-c1ccccc1.[Cl-].[Cl-].[Zr+4]. The Morgan fingerprint density at radius 1 is 0.613 bits per heavy atom. The topological polar surface area (TPSA) is 0 Å². The van der Waals surface area contributed by atoms with Crippen molar-refractivity contribution in [3.05, 3.63) is 95.5 Å². The Morgan fingerprint density at radius 2 is 0.968 bits per heavy atom. The van der Waals surface area contributed by atoms with Gasteiger partial charge in [0.2, 0.25) is 0 Å². The van der Waals surface area contributed by atoms with Crippen LogP contribution in [0.2, 0.25) is 0 Å². The monoisotopic (exact) mass is 562 g/mol. The molecule has 0 nitrogen and oxygen atoms in total. The van der Waals surface area contributed by atoms with E-state index in [-0.39, 0.29) is 51.0 Å². The van der Waals surface area contributed by atoms with Crippen LogP contribution in [-0.2, 0) is 39.0 Å². The molecule has 0 aliphatic rings. The standard InChI is InChI=1S/2C13H14P.2ClH.Zr/c2*1-2-6-11-9-10-14-13(11)12-7-4-3-5-8-12;;;/h2*3-5,7-8,10,14H,2,6H2,1H3;2*1H;/q2*-1;;;+4/p-2. The van der Waals surface area contributed by atoms with Crippen LogP contribution in [0.25, 0.3) is 21.7 Å². The van der Waals surface area contributed by atoms with Gasteiger partial charge in [0.1, 0.15) is 0 Å². The third-order valence-electron chi connectivity index (χ3n) is 4.65. The van der Waals surface area contributed by atoms with Crippen molar-refractivity contribution in [2.45, 2.75) is 39.5 Å². The molecule has 0 fully saturated rings. The van der Waals surface area contributed by atoms with Crippen molar-refractivity contribution < 1.29 is 51.0 Å². The Bertz CT molecular complexity index is 870. The summed E-state index contributed by atoms with van der Waals surface area (Å²) in [6, 6.07) is 28.1. The van der Waals surface area contributed by atoms with Gasteiger partial charge in [0.15, 0.2) is 0 Å².